The van der Waals surface area contributed by atoms with Crippen molar-refractivity contribution >= 4 is 5.97 Å². The molecule has 3 aromatic rings. The van der Waals surface area contributed by atoms with Crippen molar-refractivity contribution in [1.82, 2.24) is 0 Å². The highest BCUT2D eigenvalue weighted by Gasteiger charge is 2.34. The largest absolute Gasteiger partial charge is 0.496 e. The number of hydrogen-bond donors (Lipinski definition) is 1. The van der Waals surface area contributed by atoms with Gasteiger partial charge in [0, 0.05) is 22.6 Å². The second kappa shape index (κ2) is 12.2. The summed E-state index contributed by atoms with van der Waals surface area (Å²) in [5.74, 6) is 0.468. The van der Waals surface area contributed by atoms with E-state index in [1.165, 1.54) is 6.07 Å². The molecule has 0 radical (unpaired) electrons. The Kier molecular flexibility index (Phi) is 8.77. The van der Waals surface area contributed by atoms with Crippen molar-refractivity contribution in [2.75, 3.05) is 13.7 Å². The molecule has 1 fully saturated rings. The number of methoxy groups -OCH3 is 1. The summed E-state index contributed by atoms with van der Waals surface area (Å²) >= 11 is 0. The van der Waals surface area contributed by atoms with Crippen LogP contribution in [0.5, 0.6) is 11.5 Å². The lowest BCUT2D eigenvalue weighted by Crippen LogP contribution is -2.19. The van der Waals surface area contributed by atoms with Crippen LogP contribution >= 0.6 is 0 Å². The zero-order valence-electron chi connectivity index (χ0n) is 22.6. The highest BCUT2D eigenvalue weighted by atomic mass is 19.1. The number of hydrogen-bond acceptors (Lipinski definition) is 4. The number of azide groups is 1. The van der Waals surface area contributed by atoms with Gasteiger partial charge in [-0.2, -0.15) is 0 Å². The van der Waals surface area contributed by atoms with Crippen molar-refractivity contribution in [1.29, 1.82) is 0 Å². The summed E-state index contributed by atoms with van der Waals surface area (Å²) in [5.41, 5.74) is 12.3. The fourth-order valence-corrected chi connectivity index (χ4v) is 5.09. The highest BCUT2D eigenvalue weighted by molar-refractivity contribution is 5.71. The van der Waals surface area contributed by atoms with Gasteiger partial charge in [-0.3, -0.25) is 4.79 Å². The number of rotatable bonds is 13. The van der Waals surface area contributed by atoms with Gasteiger partial charge in [0.25, 0.3) is 0 Å². The highest BCUT2D eigenvalue weighted by Crippen LogP contribution is 2.45. The van der Waals surface area contributed by atoms with Gasteiger partial charge in [-0.1, -0.05) is 49.3 Å². The van der Waals surface area contributed by atoms with Crippen LogP contribution in [0.1, 0.15) is 55.7 Å². The summed E-state index contributed by atoms with van der Waals surface area (Å²) in [7, 11) is 1.57. The first-order chi connectivity index (χ1) is 18.7. The Labute approximate surface area is 228 Å². The van der Waals surface area contributed by atoms with Crippen molar-refractivity contribution in [3.8, 4) is 22.6 Å². The quantitative estimate of drug-likeness (QED) is 0.137. The van der Waals surface area contributed by atoms with E-state index in [2.05, 4.69) is 10.0 Å². The van der Waals surface area contributed by atoms with Gasteiger partial charge in [0.1, 0.15) is 23.9 Å². The molecule has 0 heterocycles. The molecular weight excluding hydrogens is 497 g/mol. The Hall–Kier alpha value is -4.03. The third-order valence-electron chi connectivity index (χ3n) is 7.17. The first kappa shape index (κ1) is 28.0. The smallest absolute Gasteiger partial charge is 0.303 e. The zero-order chi connectivity index (χ0) is 28.0. The van der Waals surface area contributed by atoms with E-state index in [1.807, 2.05) is 50.2 Å². The normalized spacial score (nSPS) is 13.8. The first-order valence-corrected chi connectivity index (χ1v) is 13.1. The molecule has 0 saturated heterocycles. The lowest BCUT2D eigenvalue weighted by atomic mass is 9.82. The van der Waals surface area contributed by atoms with E-state index in [-0.39, 0.29) is 30.2 Å². The molecule has 39 heavy (non-hydrogen) atoms. The van der Waals surface area contributed by atoms with Gasteiger partial charge in [0.05, 0.1) is 13.5 Å². The maximum Gasteiger partial charge on any atom is 0.303 e. The van der Waals surface area contributed by atoms with Crippen LogP contribution in [0.3, 0.4) is 0 Å². The summed E-state index contributed by atoms with van der Waals surface area (Å²) in [4.78, 5) is 14.3. The minimum Gasteiger partial charge on any atom is -0.496 e. The van der Waals surface area contributed by atoms with E-state index >= 15 is 0 Å². The third kappa shape index (κ3) is 7.30. The Morgan fingerprint density at radius 3 is 2.56 bits per heavy atom. The van der Waals surface area contributed by atoms with Crippen molar-refractivity contribution in [3.63, 3.8) is 0 Å². The molecule has 7 nitrogen and oxygen atoms in total. The van der Waals surface area contributed by atoms with Crippen molar-refractivity contribution in [3.05, 3.63) is 93.6 Å². The minimum absolute atomic E-state index is 0.0226. The first-order valence-electron chi connectivity index (χ1n) is 13.1. The van der Waals surface area contributed by atoms with Crippen LogP contribution in [0, 0.1) is 17.2 Å². The monoisotopic (exact) mass is 531 g/mol. The summed E-state index contributed by atoms with van der Waals surface area (Å²) in [5, 5.41) is 13.2. The van der Waals surface area contributed by atoms with Gasteiger partial charge in [-0.15, -0.1) is 0 Å². The van der Waals surface area contributed by atoms with Gasteiger partial charge in [-0.05, 0) is 89.1 Å². The molecule has 1 atom stereocenters. The van der Waals surface area contributed by atoms with E-state index < -0.39 is 5.97 Å². The Morgan fingerprint density at radius 2 is 1.90 bits per heavy atom. The van der Waals surface area contributed by atoms with Crippen LogP contribution in [0.15, 0.2) is 65.8 Å². The molecule has 0 bridgehead atoms. The maximum absolute atomic E-state index is 14.9. The number of carboxylic acid groups (broad SMARTS) is 1. The summed E-state index contributed by atoms with van der Waals surface area (Å²) in [6.45, 7) is 4.52. The molecule has 1 N–H and O–H groups in total. The molecule has 4 rings (SSSR count). The average molecular weight is 532 g/mol. The van der Waals surface area contributed by atoms with Crippen LogP contribution in [0.4, 0.5) is 4.39 Å². The van der Waals surface area contributed by atoms with Crippen molar-refractivity contribution < 1.29 is 23.8 Å². The van der Waals surface area contributed by atoms with E-state index in [1.54, 1.807) is 25.3 Å². The number of halogens is 1. The molecule has 1 aliphatic carbocycles. The zero-order valence-corrected chi connectivity index (χ0v) is 22.6. The lowest BCUT2D eigenvalue weighted by Gasteiger charge is -2.25. The third-order valence-corrected chi connectivity index (χ3v) is 7.17. The molecule has 1 saturated carbocycles. The van der Waals surface area contributed by atoms with E-state index in [0.717, 1.165) is 29.5 Å². The Morgan fingerprint density at radius 1 is 1.13 bits per heavy atom. The van der Waals surface area contributed by atoms with Crippen LogP contribution in [-0.4, -0.2) is 24.7 Å². The van der Waals surface area contributed by atoms with Crippen LogP contribution in [0.2, 0.25) is 0 Å². The Bertz CT molecular complexity index is 1380. The van der Waals surface area contributed by atoms with E-state index in [4.69, 9.17) is 15.0 Å². The second-order valence-electron chi connectivity index (χ2n) is 10.9. The topological polar surface area (TPSA) is 105 Å². The van der Waals surface area contributed by atoms with E-state index in [9.17, 15) is 14.3 Å². The molecule has 8 heteroatoms. The molecule has 3 aromatic carbocycles. The van der Waals surface area contributed by atoms with Gasteiger partial charge >= 0.3 is 5.97 Å². The SMILES string of the molecule is COc1cc(-c2ccccc2F)c(CC(C)(C)CN=[N+]=[N-])cc1COc1cccc([C@@H](CC(=O)O)C2CC2)c1. The molecule has 204 valence electrons. The minimum atomic E-state index is -0.797. The van der Waals surface area contributed by atoms with Gasteiger partial charge in [-0.25, -0.2) is 4.39 Å². The molecule has 0 unspecified atom stereocenters. The summed E-state index contributed by atoms with van der Waals surface area (Å²) in [6.07, 6.45) is 2.75. The second-order valence-corrected chi connectivity index (χ2v) is 10.9. The average Bonchev–Trinajstić information content (AvgIpc) is 3.75. The fraction of sp³-hybridized carbons (Fsp3) is 0.387. The Balaban J connectivity index is 1.65. The van der Waals surface area contributed by atoms with E-state index in [0.29, 0.717) is 41.5 Å². The standard InChI is InChI=1S/C31H34FN3O4/c1-31(2,19-34-35-33)17-22-13-23(29(38-3)15-27(22)25-9-4-5-10-28(25)32)18-39-24-8-6-7-21(14-24)26(16-30(36)37)20-11-12-20/h4-10,13-15,20,26H,11-12,16-19H2,1-3H3,(H,36,37)/t26-/m0/s1. The van der Waals surface area contributed by atoms with Crippen molar-refractivity contribution in [2.45, 2.75) is 52.1 Å². The van der Waals surface area contributed by atoms with Gasteiger partial charge in [0.2, 0.25) is 0 Å². The predicted molar refractivity (Wildman–Crippen MR) is 148 cm³/mol. The van der Waals surface area contributed by atoms with Gasteiger partial charge < -0.3 is 14.6 Å². The number of ether oxygens (including phenoxy) is 2. The number of carbonyl (C=O) groups is 1. The molecule has 0 aromatic heterocycles. The molecule has 0 spiro atoms. The molecule has 0 amide bonds. The lowest BCUT2D eigenvalue weighted by molar-refractivity contribution is -0.137. The maximum atomic E-state index is 14.9. The number of nitrogens with zero attached hydrogens (tertiary/aromatic N) is 3. The van der Waals surface area contributed by atoms with Crippen LogP contribution in [0.25, 0.3) is 21.6 Å². The number of carboxylic acids is 1. The predicted octanol–water partition coefficient (Wildman–Crippen LogP) is 7.93. The molecular formula is C31H34FN3O4. The molecule has 0 aliphatic heterocycles. The number of aliphatic carboxylic acids is 1. The number of benzene rings is 3. The summed E-state index contributed by atoms with van der Waals surface area (Å²) in [6, 6.07) is 18.1. The summed E-state index contributed by atoms with van der Waals surface area (Å²) < 4.78 is 26.7. The molecule has 1 aliphatic rings. The van der Waals surface area contributed by atoms with Crippen LogP contribution < -0.4 is 9.47 Å². The fourth-order valence-electron chi connectivity index (χ4n) is 5.09. The van der Waals surface area contributed by atoms with Gasteiger partial charge in [0.15, 0.2) is 0 Å². The van der Waals surface area contributed by atoms with Crippen LogP contribution in [-0.2, 0) is 17.8 Å². The van der Waals surface area contributed by atoms with Crippen molar-refractivity contribution in [2.24, 2.45) is 16.4 Å².